The molecule has 0 aliphatic heterocycles. The maximum Gasteiger partial charge on any atom is 0.303 e. The van der Waals surface area contributed by atoms with Crippen LogP contribution in [0.25, 0.3) is 0 Å². The van der Waals surface area contributed by atoms with Crippen LogP contribution >= 0.6 is 0 Å². The molecule has 5 heteroatoms. The quantitative estimate of drug-likeness (QED) is 0.699. The average molecular weight is 233 g/mol. The van der Waals surface area contributed by atoms with E-state index in [0.717, 1.165) is 0 Å². The molecule has 96 valence electrons. The van der Waals surface area contributed by atoms with Gasteiger partial charge in [-0.05, 0) is 26.1 Å². The van der Waals surface area contributed by atoms with Crippen LogP contribution in [0, 0.1) is 0 Å². The van der Waals surface area contributed by atoms with Gasteiger partial charge < -0.3 is 15.1 Å². The molecule has 0 bridgehead atoms. The minimum Gasteiger partial charge on any atom is -0.481 e. The number of carboxylic acid groups (broad SMARTS) is 2. The Hall–Kier alpha value is -1.10. The Morgan fingerprint density at radius 2 is 1.19 bits per heavy atom. The molecule has 0 atom stereocenters. The number of carbonyl (C=O) groups is 2. The maximum atomic E-state index is 9.79. The summed E-state index contributed by atoms with van der Waals surface area (Å²) in [6, 6.07) is 0. The van der Waals surface area contributed by atoms with E-state index in [4.69, 9.17) is 10.2 Å². The van der Waals surface area contributed by atoms with Crippen LogP contribution in [-0.2, 0) is 9.59 Å². The van der Waals surface area contributed by atoms with Crippen molar-refractivity contribution in [3.05, 3.63) is 0 Å². The van der Waals surface area contributed by atoms with E-state index in [1.165, 1.54) is 19.6 Å². The van der Waals surface area contributed by atoms with Crippen LogP contribution in [0.1, 0.15) is 40.0 Å². The molecule has 0 aromatic rings. The lowest BCUT2D eigenvalue weighted by molar-refractivity contribution is -0.138. The monoisotopic (exact) mass is 233 g/mol. The number of aliphatic carboxylic acids is 2. The van der Waals surface area contributed by atoms with Crippen LogP contribution in [0.15, 0.2) is 0 Å². The summed E-state index contributed by atoms with van der Waals surface area (Å²) >= 11 is 0. The molecule has 0 amide bonds. The molecule has 0 saturated carbocycles. The van der Waals surface area contributed by atoms with E-state index in [-0.39, 0.29) is 19.3 Å². The second kappa shape index (κ2) is 12.0. The highest BCUT2D eigenvalue weighted by Crippen LogP contribution is 1.93. The predicted octanol–water partition coefficient (Wildman–Crippen LogP) is 1.67. The SMILES string of the molecule is CCN(CC)CC.O=C(O)CCCC(=O)O. The van der Waals surface area contributed by atoms with Crippen LogP contribution in [-0.4, -0.2) is 46.7 Å². The van der Waals surface area contributed by atoms with Gasteiger partial charge in [-0.2, -0.15) is 0 Å². The molecule has 0 spiro atoms. The molecule has 0 unspecified atom stereocenters. The van der Waals surface area contributed by atoms with Gasteiger partial charge in [0.05, 0.1) is 0 Å². The highest BCUT2D eigenvalue weighted by molar-refractivity contribution is 5.69. The van der Waals surface area contributed by atoms with Crippen LogP contribution < -0.4 is 0 Å². The molecular formula is C11H23NO4. The molecule has 16 heavy (non-hydrogen) atoms. The van der Waals surface area contributed by atoms with E-state index in [0.29, 0.717) is 0 Å². The summed E-state index contributed by atoms with van der Waals surface area (Å²) in [5, 5.41) is 16.1. The Labute approximate surface area is 97.1 Å². The van der Waals surface area contributed by atoms with E-state index in [1.54, 1.807) is 0 Å². The van der Waals surface area contributed by atoms with Crippen LogP contribution in [0.2, 0.25) is 0 Å². The zero-order valence-corrected chi connectivity index (χ0v) is 10.4. The van der Waals surface area contributed by atoms with Crippen LogP contribution in [0.3, 0.4) is 0 Å². The van der Waals surface area contributed by atoms with Gasteiger partial charge in [0.1, 0.15) is 0 Å². The molecule has 0 aliphatic carbocycles. The second-order valence-electron chi connectivity index (χ2n) is 3.26. The number of rotatable bonds is 7. The van der Waals surface area contributed by atoms with Gasteiger partial charge in [-0.15, -0.1) is 0 Å². The number of nitrogens with zero attached hydrogens (tertiary/aromatic N) is 1. The van der Waals surface area contributed by atoms with E-state index >= 15 is 0 Å². The number of hydrogen-bond acceptors (Lipinski definition) is 3. The fourth-order valence-electron chi connectivity index (χ4n) is 1.06. The van der Waals surface area contributed by atoms with Crippen molar-refractivity contribution in [3.8, 4) is 0 Å². The van der Waals surface area contributed by atoms with E-state index in [9.17, 15) is 9.59 Å². The summed E-state index contributed by atoms with van der Waals surface area (Å²) < 4.78 is 0. The Balaban J connectivity index is 0. The highest BCUT2D eigenvalue weighted by atomic mass is 16.4. The third-order valence-corrected chi connectivity index (χ3v) is 2.12. The van der Waals surface area contributed by atoms with Crippen molar-refractivity contribution in [2.45, 2.75) is 40.0 Å². The topological polar surface area (TPSA) is 77.8 Å². The Kier molecular flexibility index (Phi) is 12.9. The molecular weight excluding hydrogens is 210 g/mol. The van der Waals surface area contributed by atoms with Crippen molar-refractivity contribution in [2.75, 3.05) is 19.6 Å². The van der Waals surface area contributed by atoms with Gasteiger partial charge in [-0.25, -0.2) is 0 Å². The zero-order chi connectivity index (χ0) is 13.0. The fourth-order valence-corrected chi connectivity index (χ4v) is 1.06. The first-order chi connectivity index (χ1) is 7.47. The normalized spacial score (nSPS) is 9.50. The highest BCUT2D eigenvalue weighted by Gasteiger charge is 1.99. The van der Waals surface area contributed by atoms with Crippen molar-refractivity contribution < 1.29 is 19.8 Å². The summed E-state index contributed by atoms with van der Waals surface area (Å²) in [6.07, 6.45) is 0.0866. The zero-order valence-electron chi connectivity index (χ0n) is 10.4. The second-order valence-corrected chi connectivity index (χ2v) is 3.26. The summed E-state index contributed by atoms with van der Waals surface area (Å²) in [6.45, 7) is 10.1. The van der Waals surface area contributed by atoms with E-state index < -0.39 is 11.9 Å². The molecule has 0 heterocycles. The summed E-state index contributed by atoms with van der Waals surface area (Å²) in [7, 11) is 0. The largest absolute Gasteiger partial charge is 0.481 e. The van der Waals surface area contributed by atoms with Gasteiger partial charge in [0.15, 0.2) is 0 Å². The standard InChI is InChI=1S/C6H15N.C5H8O4/c1-4-7(5-2)6-3;6-4(7)2-1-3-5(8)9/h4-6H2,1-3H3;1-3H2,(H,6,7)(H,8,9). The Morgan fingerprint density at radius 1 is 0.875 bits per heavy atom. The molecule has 0 fully saturated rings. The first-order valence-corrected chi connectivity index (χ1v) is 5.63. The van der Waals surface area contributed by atoms with E-state index in [2.05, 4.69) is 25.7 Å². The lowest BCUT2D eigenvalue weighted by Gasteiger charge is -2.13. The van der Waals surface area contributed by atoms with Gasteiger partial charge >= 0.3 is 11.9 Å². The minimum absolute atomic E-state index is 0.0632. The number of carboxylic acids is 2. The Morgan fingerprint density at radius 3 is 1.31 bits per heavy atom. The summed E-state index contributed by atoms with van der Waals surface area (Å²) in [5.41, 5.74) is 0. The molecule has 5 nitrogen and oxygen atoms in total. The summed E-state index contributed by atoms with van der Waals surface area (Å²) in [4.78, 5) is 22.0. The van der Waals surface area contributed by atoms with Crippen LogP contribution in [0.4, 0.5) is 0 Å². The minimum atomic E-state index is -0.948. The third-order valence-electron chi connectivity index (χ3n) is 2.12. The van der Waals surface area contributed by atoms with Crippen molar-refractivity contribution in [1.82, 2.24) is 4.90 Å². The lowest BCUT2D eigenvalue weighted by Crippen LogP contribution is -2.21. The first-order valence-electron chi connectivity index (χ1n) is 5.63. The van der Waals surface area contributed by atoms with Crippen LogP contribution in [0.5, 0.6) is 0 Å². The van der Waals surface area contributed by atoms with Gasteiger partial charge in [-0.1, -0.05) is 20.8 Å². The van der Waals surface area contributed by atoms with Crippen molar-refractivity contribution in [3.63, 3.8) is 0 Å². The molecule has 2 N–H and O–H groups in total. The third kappa shape index (κ3) is 15.4. The van der Waals surface area contributed by atoms with Crippen molar-refractivity contribution in [2.24, 2.45) is 0 Å². The fraction of sp³-hybridized carbons (Fsp3) is 0.818. The van der Waals surface area contributed by atoms with Gasteiger partial charge in [-0.3, -0.25) is 9.59 Å². The van der Waals surface area contributed by atoms with Gasteiger partial charge in [0.25, 0.3) is 0 Å². The first kappa shape index (κ1) is 17.3. The van der Waals surface area contributed by atoms with Crippen molar-refractivity contribution in [1.29, 1.82) is 0 Å². The van der Waals surface area contributed by atoms with Gasteiger partial charge in [0, 0.05) is 12.8 Å². The molecule has 0 aliphatic rings. The molecule has 0 radical (unpaired) electrons. The summed E-state index contributed by atoms with van der Waals surface area (Å²) in [5.74, 6) is -1.90. The predicted molar refractivity (Wildman–Crippen MR) is 62.6 cm³/mol. The maximum absolute atomic E-state index is 9.79. The number of hydrogen-bond donors (Lipinski definition) is 2. The van der Waals surface area contributed by atoms with E-state index in [1.807, 2.05) is 0 Å². The average Bonchev–Trinajstić information content (AvgIpc) is 2.20. The van der Waals surface area contributed by atoms with Crippen molar-refractivity contribution >= 4 is 11.9 Å². The van der Waals surface area contributed by atoms with Gasteiger partial charge in [0.2, 0.25) is 0 Å². The molecule has 0 rings (SSSR count). The smallest absolute Gasteiger partial charge is 0.303 e. The Bertz CT molecular complexity index is 171. The molecule has 0 saturated heterocycles. The lowest BCUT2D eigenvalue weighted by atomic mass is 10.2. The molecule has 0 aromatic carbocycles. The molecule has 0 aromatic heterocycles.